The van der Waals surface area contributed by atoms with Crippen molar-refractivity contribution in [2.24, 2.45) is 0 Å². The van der Waals surface area contributed by atoms with Gasteiger partial charge in [-0.15, -0.1) is 0 Å². The van der Waals surface area contributed by atoms with Gasteiger partial charge in [-0.1, -0.05) is 60.7 Å². The zero-order valence-electron chi connectivity index (χ0n) is 13.9. The lowest BCUT2D eigenvalue weighted by molar-refractivity contribution is 0.174. The molecule has 26 heavy (non-hydrogen) atoms. The summed E-state index contributed by atoms with van der Waals surface area (Å²) in [6, 6.07) is 19.9. The molecule has 3 nitrogen and oxygen atoms in total. The summed E-state index contributed by atoms with van der Waals surface area (Å²) in [5.41, 5.74) is 2.79. The van der Waals surface area contributed by atoms with Crippen LogP contribution in [0.25, 0.3) is 17.2 Å². The van der Waals surface area contributed by atoms with Crippen LogP contribution in [0.1, 0.15) is 17.2 Å². The van der Waals surface area contributed by atoms with Crippen molar-refractivity contribution in [2.75, 3.05) is 6.79 Å². The summed E-state index contributed by atoms with van der Waals surface area (Å²) in [5.74, 6) is 0.930. The van der Waals surface area contributed by atoms with Gasteiger partial charge in [0, 0.05) is 5.56 Å². The van der Waals surface area contributed by atoms with Gasteiger partial charge in [-0.25, -0.2) is 4.39 Å². The summed E-state index contributed by atoms with van der Waals surface area (Å²) in [4.78, 5) is 0. The van der Waals surface area contributed by atoms with Gasteiger partial charge in [0.25, 0.3) is 0 Å². The molecule has 4 rings (SSSR count). The smallest absolute Gasteiger partial charge is 0.231 e. The number of aliphatic hydroxyl groups excluding tert-OH is 1. The number of ether oxygens (including phenoxy) is 2. The van der Waals surface area contributed by atoms with Crippen LogP contribution in [0, 0.1) is 5.82 Å². The molecule has 3 aromatic rings. The molecule has 1 aliphatic rings. The van der Waals surface area contributed by atoms with Crippen molar-refractivity contribution in [3.8, 4) is 22.6 Å². The van der Waals surface area contributed by atoms with E-state index in [0.29, 0.717) is 11.5 Å². The predicted octanol–water partition coefficient (Wildman–Crippen LogP) is 4.97. The van der Waals surface area contributed by atoms with Gasteiger partial charge >= 0.3 is 0 Å². The maximum absolute atomic E-state index is 14.5. The van der Waals surface area contributed by atoms with E-state index in [1.54, 1.807) is 18.2 Å². The molecule has 0 radical (unpaired) electrons. The number of aliphatic hydroxyl groups is 1. The number of halogens is 1. The summed E-state index contributed by atoms with van der Waals surface area (Å²) < 4.78 is 25.1. The van der Waals surface area contributed by atoms with Crippen LogP contribution in [0.5, 0.6) is 11.5 Å². The lowest BCUT2D eigenvalue weighted by atomic mass is 10.0. The van der Waals surface area contributed by atoms with Crippen molar-refractivity contribution in [1.29, 1.82) is 0 Å². The molecule has 1 aliphatic heterocycles. The lowest BCUT2D eigenvalue weighted by Crippen LogP contribution is -1.97. The number of benzene rings is 3. The minimum absolute atomic E-state index is 0.212. The highest BCUT2D eigenvalue weighted by Gasteiger charge is 2.14. The van der Waals surface area contributed by atoms with E-state index in [1.807, 2.05) is 54.6 Å². The molecule has 4 heteroatoms. The molecule has 0 aromatic heterocycles. The monoisotopic (exact) mass is 348 g/mol. The quantitative estimate of drug-likeness (QED) is 0.724. The zero-order chi connectivity index (χ0) is 17.9. The summed E-state index contributed by atoms with van der Waals surface area (Å²) >= 11 is 0. The SMILES string of the molecule is OC(/C=C/c1ccc2c(c1)OCO2)c1ccc(-c2ccccc2)cc1F. The van der Waals surface area contributed by atoms with Crippen LogP contribution in [0.3, 0.4) is 0 Å². The van der Waals surface area contributed by atoms with Crippen molar-refractivity contribution in [3.05, 3.63) is 89.8 Å². The van der Waals surface area contributed by atoms with E-state index in [9.17, 15) is 9.50 Å². The van der Waals surface area contributed by atoms with Gasteiger partial charge in [-0.3, -0.25) is 0 Å². The van der Waals surface area contributed by atoms with Gasteiger partial charge in [0.15, 0.2) is 11.5 Å². The van der Waals surface area contributed by atoms with Crippen LogP contribution < -0.4 is 9.47 Å². The Labute approximate surface area is 150 Å². The average Bonchev–Trinajstić information content (AvgIpc) is 3.14. The zero-order valence-corrected chi connectivity index (χ0v) is 13.9. The highest BCUT2D eigenvalue weighted by atomic mass is 19.1. The Morgan fingerprint density at radius 2 is 1.69 bits per heavy atom. The van der Waals surface area contributed by atoms with Crippen LogP contribution in [0.2, 0.25) is 0 Å². The molecule has 130 valence electrons. The highest BCUT2D eigenvalue weighted by Crippen LogP contribution is 2.33. The van der Waals surface area contributed by atoms with Crippen LogP contribution in [0.15, 0.2) is 72.8 Å². The molecular weight excluding hydrogens is 331 g/mol. The van der Waals surface area contributed by atoms with Crippen molar-refractivity contribution in [1.82, 2.24) is 0 Å². The molecule has 0 fully saturated rings. The summed E-state index contributed by atoms with van der Waals surface area (Å²) in [5, 5.41) is 10.3. The van der Waals surface area contributed by atoms with Crippen LogP contribution in [-0.4, -0.2) is 11.9 Å². The first-order valence-electron chi connectivity index (χ1n) is 8.31. The van der Waals surface area contributed by atoms with Gasteiger partial charge in [0.05, 0.1) is 0 Å². The van der Waals surface area contributed by atoms with E-state index in [2.05, 4.69) is 0 Å². The molecule has 0 saturated heterocycles. The van der Waals surface area contributed by atoms with Crippen molar-refractivity contribution >= 4 is 6.08 Å². The topological polar surface area (TPSA) is 38.7 Å². The Bertz CT molecular complexity index is 951. The molecule has 0 bridgehead atoms. The normalized spacial score (nSPS) is 13.9. The molecule has 0 saturated carbocycles. The van der Waals surface area contributed by atoms with Crippen molar-refractivity contribution < 1.29 is 19.0 Å². The van der Waals surface area contributed by atoms with Gasteiger partial charge < -0.3 is 14.6 Å². The Morgan fingerprint density at radius 3 is 2.50 bits per heavy atom. The van der Waals surface area contributed by atoms with Gasteiger partial charge in [-0.2, -0.15) is 0 Å². The van der Waals surface area contributed by atoms with Gasteiger partial charge in [-0.05, 0) is 34.9 Å². The van der Waals surface area contributed by atoms with E-state index in [-0.39, 0.29) is 12.4 Å². The number of hydrogen-bond acceptors (Lipinski definition) is 3. The molecular formula is C22H17FO3. The lowest BCUT2D eigenvalue weighted by Gasteiger charge is -2.10. The minimum Gasteiger partial charge on any atom is -0.454 e. The fourth-order valence-corrected chi connectivity index (χ4v) is 2.90. The summed E-state index contributed by atoms with van der Waals surface area (Å²) in [7, 11) is 0. The van der Waals surface area contributed by atoms with E-state index < -0.39 is 11.9 Å². The van der Waals surface area contributed by atoms with Gasteiger partial charge in [0.2, 0.25) is 6.79 Å². The van der Waals surface area contributed by atoms with Crippen LogP contribution >= 0.6 is 0 Å². The first kappa shape index (κ1) is 16.4. The maximum Gasteiger partial charge on any atom is 0.231 e. The largest absolute Gasteiger partial charge is 0.454 e. The molecule has 1 unspecified atom stereocenters. The van der Waals surface area contributed by atoms with Crippen molar-refractivity contribution in [3.63, 3.8) is 0 Å². The molecule has 1 atom stereocenters. The standard InChI is InChI=1S/C22H17FO3/c23-19-13-17(16-4-2-1-3-5-16)8-9-18(19)20(24)10-6-15-7-11-21-22(12-15)26-14-25-21/h1-13,20,24H,14H2/b10-6+. The first-order valence-corrected chi connectivity index (χ1v) is 8.31. The van der Waals surface area contributed by atoms with E-state index >= 15 is 0 Å². The molecule has 0 spiro atoms. The highest BCUT2D eigenvalue weighted by molar-refractivity contribution is 5.64. The average molecular weight is 348 g/mol. The summed E-state index contributed by atoms with van der Waals surface area (Å²) in [6.45, 7) is 0.212. The molecule has 1 heterocycles. The number of rotatable bonds is 4. The van der Waals surface area contributed by atoms with E-state index in [1.165, 1.54) is 6.07 Å². The fourth-order valence-electron chi connectivity index (χ4n) is 2.90. The van der Waals surface area contributed by atoms with Gasteiger partial charge in [0.1, 0.15) is 11.9 Å². The maximum atomic E-state index is 14.5. The Morgan fingerprint density at radius 1 is 0.885 bits per heavy atom. The third kappa shape index (κ3) is 3.32. The van der Waals surface area contributed by atoms with Crippen LogP contribution in [-0.2, 0) is 0 Å². The third-order valence-electron chi connectivity index (χ3n) is 4.29. The molecule has 0 aliphatic carbocycles. The van der Waals surface area contributed by atoms with Crippen LogP contribution in [0.4, 0.5) is 4.39 Å². The second-order valence-electron chi connectivity index (χ2n) is 6.02. The van der Waals surface area contributed by atoms with E-state index in [0.717, 1.165) is 16.7 Å². The molecule has 0 amide bonds. The van der Waals surface area contributed by atoms with E-state index in [4.69, 9.17) is 9.47 Å². The first-order chi connectivity index (χ1) is 12.7. The minimum atomic E-state index is -1.04. The number of hydrogen-bond donors (Lipinski definition) is 1. The molecule has 1 N–H and O–H groups in total. The second kappa shape index (κ2) is 7.02. The fraction of sp³-hybridized carbons (Fsp3) is 0.0909. The Balaban J connectivity index is 1.53. The third-order valence-corrected chi connectivity index (χ3v) is 4.29. The second-order valence-corrected chi connectivity index (χ2v) is 6.02. The number of fused-ring (bicyclic) bond motifs is 1. The molecule has 3 aromatic carbocycles. The Kier molecular flexibility index (Phi) is 4.42. The van der Waals surface area contributed by atoms with Crippen molar-refractivity contribution in [2.45, 2.75) is 6.10 Å². The summed E-state index contributed by atoms with van der Waals surface area (Å²) in [6.07, 6.45) is 2.25. The predicted molar refractivity (Wildman–Crippen MR) is 98.4 cm³/mol. The Hall–Kier alpha value is -3.11.